The van der Waals surface area contributed by atoms with Gasteiger partial charge in [0.1, 0.15) is 18.3 Å². The first-order chi connectivity index (χ1) is 19.2. The van der Waals surface area contributed by atoms with Crippen LogP contribution < -0.4 is 0 Å². The van der Waals surface area contributed by atoms with Gasteiger partial charge in [-0.25, -0.2) is 0 Å². The number of ether oxygens (including phenoxy) is 4. The van der Waals surface area contributed by atoms with Gasteiger partial charge < -0.3 is 29.2 Å². The molecule has 6 nitrogen and oxygen atoms in total. The lowest BCUT2D eigenvalue weighted by atomic mass is 10.1. The van der Waals surface area contributed by atoms with Gasteiger partial charge in [0.25, 0.3) is 0 Å². The molecule has 39 heavy (non-hydrogen) atoms. The predicted octanol–water partition coefficient (Wildman–Crippen LogP) is 5.27. The third-order valence-corrected chi connectivity index (χ3v) is 6.24. The highest BCUT2D eigenvalue weighted by Crippen LogP contribution is 2.23. The maximum Gasteiger partial charge on any atom is 0.187 e. The van der Waals surface area contributed by atoms with E-state index in [9.17, 15) is 10.2 Å². The third kappa shape index (κ3) is 9.41. The lowest BCUT2D eigenvalue weighted by molar-refractivity contribution is -0.261. The largest absolute Gasteiger partial charge is 0.394 e. The first kappa shape index (κ1) is 28.6. The fourth-order valence-corrected chi connectivity index (χ4v) is 4.13. The van der Waals surface area contributed by atoms with Gasteiger partial charge in [0.15, 0.2) is 6.29 Å². The third-order valence-electron chi connectivity index (χ3n) is 6.24. The lowest BCUT2D eigenvalue weighted by Gasteiger charge is -2.35. The zero-order chi connectivity index (χ0) is 27.1. The van der Waals surface area contributed by atoms with Crippen molar-refractivity contribution < 1.29 is 29.2 Å². The predicted molar refractivity (Wildman–Crippen MR) is 149 cm³/mol. The van der Waals surface area contributed by atoms with Crippen molar-refractivity contribution in [2.24, 2.45) is 0 Å². The molecular formula is C33H36O6. The summed E-state index contributed by atoms with van der Waals surface area (Å²) in [4.78, 5) is 0. The van der Waals surface area contributed by atoms with Gasteiger partial charge in [-0.2, -0.15) is 0 Å². The van der Waals surface area contributed by atoms with Crippen LogP contribution in [0, 0.1) is 0 Å². The van der Waals surface area contributed by atoms with E-state index in [1.54, 1.807) is 0 Å². The van der Waals surface area contributed by atoms with E-state index in [4.69, 9.17) is 18.9 Å². The SMILES string of the molecule is OC[C@@H](O)[C@@H](OCc1ccccc1)[C@@H](OCc1ccccc1)C(OCc1ccccc1)OCc1ccccc1. The van der Waals surface area contributed by atoms with E-state index in [2.05, 4.69) is 0 Å². The monoisotopic (exact) mass is 528 g/mol. The van der Waals surface area contributed by atoms with Crippen LogP contribution in [0.5, 0.6) is 0 Å². The molecule has 0 bridgehead atoms. The minimum absolute atomic E-state index is 0.220. The fraction of sp³-hybridized carbons (Fsp3) is 0.273. The van der Waals surface area contributed by atoms with E-state index in [1.807, 2.05) is 121 Å². The van der Waals surface area contributed by atoms with Gasteiger partial charge in [0, 0.05) is 0 Å². The Balaban J connectivity index is 1.60. The van der Waals surface area contributed by atoms with Gasteiger partial charge in [-0.3, -0.25) is 0 Å². The van der Waals surface area contributed by atoms with E-state index >= 15 is 0 Å². The van der Waals surface area contributed by atoms with Crippen molar-refractivity contribution in [3.05, 3.63) is 144 Å². The summed E-state index contributed by atoms with van der Waals surface area (Å²) in [6, 6.07) is 39.0. The Hall–Kier alpha value is -3.36. The first-order valence-electron chi connectivity index (χ1n) is 13.1. The number of hydrogen-bond donors (Lipinski definition) is 2. The maximum absolute atomic E-state index is 10.9. The quantitative estimate of drug-likeness (QED) is 0.193. The molecule has 3 atom stereocenters. The molecule has 0 heterocycles. The zero-order valence-corrected chi connectivity index (χ0v) is 21.9. The summed E-state index contributed by atoms with van der Waals surface area (Å²) in [5.74, 6) is 0. The second-order valence-electron chi connectivity index (χ2n) is 9.23. The normalized spacial score (nSPS) is 13.7. The second kappa shape index (κ2) is 15.9. The Kier molecular flexibility index (Phi) is 11.7. The average molecular weight is 529 g/mol. The van der Waals surface area contributed by atoms with Crippen molar-refractivity contribution in [1.29, 1.82) is 0 Å². The van der Waals surface area contributed by atoms with E-state index in [0.717, 1.165) is 22.3 Å². The molecule has 0 fully saturated rings. The molecule has 0 aliphatic heterocycles. The lowest BCUT2D eigenvalue weighted by Crippen LogP contribution is -2.50. The molecule has 204 valence electrons. The average Bonchev–Trinajstić information content (AvgIpc) is 3.01. The second-order valence-corrected chi connectivity index (χ2v) is 9.23. The Morgan fingerprint density at radius 3 is 1.08 bits per heavy atom. The molecule has 0 saturated heterocycles. The molecule has 6 heteroatoms. The summed E-state index contributed by atoms with van der Waals surface area (Å²) in [6.45, 7) is 0.500. The molecule has 0 aliphatic carbocycles. The van der Waals surface area contributed by atoms with Crippen molar-refractivity contribution >= 4 is 0 Å². The molecule has 0 saturated carbocycles. The van der Waals surface area contributed by atoms with Crippen molar-refractivity contribution in [3.63, 3.8) is 0 Å². The molecule has 0 amide bonds. The van der Waals surface area contributed by atoms with Crippen LogP contribution in [-0.2, 0) is 45.4 Å². The van der Waals surface area contributed by atoms with Crippen LogP contribution in [-0.4, -0.2) is 41.4 Å². The standard InChI is InChI=1S/C33H36O6/c34-21-30(35)31(36-22-26-13-5-1-6-14-26)32(37-23-27-15-7-2-8-16-27)33(38-24-28-17-9-3-10-18-28)39-25-29-19-11-4-12-20-29/h1-20,30-35H,21-25H2/t30-,31-,32-/m1/s1. The van der Waals surface area contributed by atoms with Crippen molar-refractivity contribution in [2.45, 2.75) is 51.0 Å². The van der Waals surface area contributed by atoms with Crippen molar-refractivity contribution in [2.75, 3.05) is 6.61 Å². The smallest absolute Gasteiger partial charge is 0.187 e. The summed E-state index contributed by atoms with van der Waals surface area (Å²) in [5, 5.41) is 20.9. The zero-order valence-electron chi connectivity index (χ0n) is 21.9. The molecule has 2 N–H and O–H groups in total. The Labute approximate surface area is 230 Å². The number of aliphatic hydroxyl groups excluding tert-OH is 2. The summed E-state index contributed by atoms with van der Waals surface area (Å²) >= 11 is 0. The van der Waals surface area contributed by atoms with Crippen molar-refractivity contribution in [3.8, 4) is 0 Å². The Bertz CT molecular complexity index is 1130. The minimum Gasteiger partial charge on any atom is -0.394 e. The van der Waals surface area contributed by atoms with Crippen LogP contribution in [0.3, 0.4) is 0 Å². The molecule has 4 rings (SSSR count). The van der Waals surface area contributed by atoms with Gasteiger partial charge in [-0.1, -0.05) is 121 Å². The molecular weight excluding hydrogens is 492 g/mol. The first-order valence-corrected chi connectivity index (χ1v) is 13.1. The highest BCUT2D eigenvalue weighted by molar-refractivity contribution is 5.16. The van der Waals surface area contributed by atoms with Gasteiger partial charge >= 0.3 is 0 Å². The molecule has 4 aromatic carbocycles. The highest BCUT2D eigenvalue weighted by atomic mass is 16.7. The van der Waals surface area contributed by atoms with Crippen LogP contribution in [0.1, 0.15) is 22.3 Å². The van der Waals surface area contributed by atoms with Crippen LogP contribution in [0.2, 0.25) is 0 Å². The van der Waals surface area contributed by atoms with Crippen LogP contribution in [0.4, 0.5) is 0 Å². The summed E-state index contributed by atoms with van der Waals surface area (Å²) in [5.41, 5.74) is 3.82. The molecule has 0 aromatic heterocycles. The van der Waals surface area contributed by atoms with Crippen LogP contribution in [0.25, 0.3) is 0 Å². The molecule has 0 aliphatic rings. The van der Waals surface area contributed by atoms with Gasteiger partial charge in [-0.05, 0) is 22.3 Å². The Morgan fingerprint density at radius 1 is 0.436 bits per heavy atom. The molecule has 4 aromatic rings. The van der Waals surface area contributed by atoms with E-state index in [0.29, 0.717) is 0 Å². The summed E-state index contributed by atoms with van der Waals surface area (Å²) in [6.07, 6.45) is -3.92. The van der Waals surface area contributed by atoms with E-state index in [1.165, 1.54) is 0 Å². The summed E-state index contributed by atoms with van der Waals surface area (Å²) in [7, 11) is 0. The minimum atomic E-state index is -1.22. The van der Waals surface area contributed by atoms with E-state index < -0.39 is 31.2 Å². The number of benzene rings is 4. The molecule has 0 spiro atoms. The van der Waals surface area contributed by atoms with Gasteiger partial charge in [0.05, 0.1) is 33.0 Å². The topological polar surface area (TPSA) is 77.4 Å². The number of rotatable bonds is 16. The van der Waals surface area contributed by atoms with Crippen LogP contribution >= 0.6 is 0 Å². The Morgan fingerprint density at radius 2 is 0.744 bits per heavy atom. The van der Waals surface area contributed by atoms with Crippen molar-refractivity contribution in [1.82, 2.24) is 0 Å². The van der Waals surface area contributed by atoms with Crippen LogP contribution in [0.15, 0.2) is 121 Å². The number of aliphatic hydroxyl groups is 2. The highest BCUT2D eigenvalue weighted by Gasteiger charge is 2.38. The van der Waals surface area contributed by atoms with E-state index in [-0.39, 0.29) is 26.4 Å². The maximum atomic E-state index is 10.9. The fourth-order valence-electron chi connectivity index (χ4n) is 4.13. The summed E-state index contributed by atoms with van der Waals surface area (Å²) < 4.78 is 25.2. The molecule has 0 radical (unpaired) electrons. The number of hydrogen-bond acceptors (Lipinski definition) is 6. The molecule has 0 unspecified atom stereocenters. The van der Waals surface area contributed by atoms with Gasteiger partial charge in [-0.15, -0.1) is 0 Å². The van der Waals surface area contributed by atoms with Gasteiger partial charge in [0.2, 0.25) is 0 Å².